The summed E-state index contributed by atoms with van der Waals surface area (Å²) in [4.78, 5) is 34.0. The van der Waals surface area contributed by atoms with E-state index in [0.29, 0.717) is 5.56 Å². The molecule has 0 bridgehead atoms. The van der Waals surface area contributed by atoms with Gasteiger partial charge in [-0.25, -0.2) is 0 Å². The zero-order valence-corrected chi connectivity index (χ0v) is 10.7. The van der Waals surface area contributed by atoms with Crippen LogP contribution in [-0.4, -0.2) is 29.9 Å². The molecule has 1 rings (SSSR count). The fourth-order valence-electron chi connectivity index (χ4n) is 1.73. The van der Waals surface area contributed by atoms with Crippen LogP contribution in [0.3, 0.4) is 0 Å². The van der Waals surface area contributed by atoms with Crippen LogP contribution in [0, 0.1) is 5.92 Å². The Kier molecular flexibility index (Phi) is 5.73. The van der Waals surface area contributed by atoms with Gasteiger partial charge in [-0.2, -0.15) is 0 Å². The van der Waals surface area contributed by atoms with Gasteiger partial charge in [-0.05, 0) is 6.42 Å². The van der Waals surface area contributed by atoms with Crippen LogP contribution in [0.4, 0.5) is 0 Å². The number of ether oxygens (including phenoxy) is 1. The fraction of sp³-hybridized carbons (Fsp3) is 0.357. The number of esters is 1. The second-order valence-electron chi connectivity index (χ2n) is 4.15. The summed E-state index contributed by atoms with van der Waals surface area (Å²) in [6, 6.07) is 8.58. The number of aliphatic carboxylic acids is 1. The van der Waals surface area contributed by atoms with E-state index in [1.807, 2.05) is 0 Å². The van der Waals surface area contributed by atoms with E-state index < -0.39 is 17.9 Å². The summed E-state index contributed by atoms with van der Waals surface area (Å²) in [7, 11) is 1.23. The fourth-order valence-corrected chi connectivity index (χ4v) is 1.73. The van der Waals surface area contributed by atoms with E-state index in [1.54, 1.807) is 30.3 Å². The van der Waals surface area contributed by atoms with Crippen molar-refractivity contribution in [1.82, 2.24) is 0 Å². The quantitative estimate of drug-likeness (QED) is 0.601. The van der Waals surface area contributed by atoms with Crippen LogP contribution in [0.2, 0.25) is 0 Å². The lowest BCUT2D eigenvalue weighted by atomic mass is 9.94. The highest BCUT2D eigenvalue weighted by Gasteiger charge is 2.23. The third-order valence-corrected chi connectivity index (χ3v) is 2.77. The highest BCUT2D eigenvalue weighted by molar-refractivity contribution is 5.98. The highest BCUT2D eigenvalue weighted by Crippen LogP contribution is 2.17. The van der Waals surface area contributed by atoms with Gasteiger partial charge < -0.3 is 9.84 Å². The smallest absolute Gasteiger partial charge is 0.309 e. The predicted molar refractivity (Wildman–Crippen MR) is 67.8 cm³/mol. The van der Waals surface area contributed by atoms with Gasteiger partial charge in [0.15, 0.2) is 5.78 Å². The standard InChI is InChI=1S/C14H16O5/c1-19-14(18)11(7-8-13(16)17)9-12(15)10-5-3-2-4-6-10/h2-6,11H,7-9H2,1H3,(H,16,17). The van der Waals surface area contributed by atoms with Crippen molar-refractivity contribution in [3.05, 3.63) is 35.9 Å². The Morgan fingerprint density at radius 1 is 1.21 bits per heavy atom. The molecular formula is C14H16O5. The minimum Gasteiger partial charge on any atom is -0.481 e. The first-order valence-corrected chi connectivity index (χ1v) is 5.92. The number of carboxylic acid groups (broad SMARTS) is 1. The second-order valence-corrected chi connectivity index (χ2v) is 4.15. The minimum atomic E-state index is -0.999. The number of rotatable bonds is 7. The maximum Gasteiger partial charge on any atom is 0.309 e. The number of methoxy groups -OCH3 is 1. The largest absolute Gasteiger partial charge is 0.481 e. The van der Waals surface area contributed by atoms with Crippen molar-refractivity contribution in [1.29, 1.82) is 0 Å². The zero-order chi connectivity index (χ0) is 14.3. The molecule has 0 aromatic heterocycles. The van der Waals surface area contributed by atoms with Crippen molar-refractivity contribution in [3.63, 3.8) is 0 Å². The van der Waals surface area contributed by atoms with Gasteiger partial charge in [-0.3, -0.25) is 14.4 Å². The van der Waals surface area contributed by atoms with E-state index in [4.69, 9.17) is 5.11 Å². The van der Waals surface area contributed by atoms with E-state index in [9.17, 15) is 14.4 Å². The van der Waals surface area contributed by atoms with Gasteiger partial charge in [-0.1, -0.05) is 30.3 Å². The topological polar surface area (TPSA) is 80.7 Å². The highest BCUT2D eigenvalue weighted by atomic mass is 16.5. The molecule has 1 atom stereocenters. The Labute approximate surface area is 111 Å². The predicted octanol–water partition coefficient (Wildman–Crippen LogP) is 1.91. The molecule has 0 aliphatic carbocycles. The van der Waals surface area contributed by atoms with Crippen molar-refractivity contribution < 1.29 is 24.2 Å². The number of hydrogen-bond donors (Lipinski definition) is 1. The first-order chi connectivity index (χ1) is 9.04. The minimum absolute atomic E-state index is 0.0377. The number of carbonyl (C=O) groups is 3. The van der Waals surface area contributed by atoms with Gasteiger partial charge in [0.1, 0.15) is 0 Å². The third kappa shape index (κ3) is 4.91. The van der Waals surface area contributed by atoms with Gasteiger partial charge in [0, 0.05) is 18.4 Å². The molecule has 1 N–H and O–H groups in total. The van der Waals surface area contributed by atoms with Crippen LogP contribution >= 0.6 is 0 Å². The van der Waals surface area contributed by atoms with Gasteiger partial charge in [0.2, 0.25) is 0 Å². The third-order valence-electron chi connectivity index (χ3n) is 2.77. The van der Waals surface area contributed by atoms with E-state index in [-0.39, 0.29) is 25.0 Å². The zero-order valence-electron chi connectivity index (χ0n) is 10.7. The summed E-state index contributed by atoms with van der Waals surface area (Å²) in [5.41, 5.74) is 0.506. The molecule has 0 fully saturated rings. The normalized spacial score (nSPS) is 11.6. The molecule has 5 heteroatoms. The molecule has 0 saturated heterocycles. The van der Waals surface area contributed by atoms with Crippen LogP contribution in [0.5, 0.6) is 0 Å². The summed E-state index contributed by atoms with van der Waals surface area (Å²) >= 11 is 0. The number of Topliss-reactive ketones (excluding diaryl/α,β-unsaturated/α-hetero) is 1. The monoisotopic (exact) mass is 264 g/mol. The molecule has 1 unspecified atom stereocenters. The van der Waals surface area contributed by atoms with Crippen LogP contribution in [0.25, 0.3) is 0 Å². The molecule has 0 amide bonds. The number of hydrogen-bond acceptors (Lipinski definition) is 4. The molecular weight excluding hydrogens is 248 g/mol. The summed E-state index contributed by atoms with van der Waals surface area (Å²) in [5.74, 6) is -2.46. The summed E-state index contributed by atoms with van der Waals surface area (Å²) in [6.07, 6.45) is -0.105. The van der Waals surface area contributed by atoms with E-state index in [2.05, 4.69) is 4.74 Å². The van der Waals surface area contributed by atoms with Crippen LogP contribution < -0.4 is 0 Å². The van der Waals surface area contributed by atoms with Crippen molar-refractivity contribution in [3.8, 4) is 0 Å². The number of carboxylic acids is 1. The summed E-state index contributed by atoms with van der Waals surface area (Å²) < 4.78 is 4.60. The SMILES string of the molecule is COC(=O)C(CCC(=O)O)CC(=O)c1ccccc1. The van der Waals surface area contributed by atoms with Crippen molar-refractivity contribution in [2.75, 3.05) is 7.11 Å². The van der Waals surface area contributed by atoms with Crippen molar-refractivity contribution in [2.24, 2.45) is 5.92 Å². The molecule has 1 aromatic carbocycles. The molecule has 0 saturated carbocycles. The summed E-state index contributed by atoms with van der Waals surface area (Å²) in [6.45, 7) is 0. The van der Waals surface area contributed by atoms with Crippen molar-refractivity contribution >= 4 is 17.7 Å². The van der Waals surface area contributed by atoms with E-state index in [0.717, 1.165) is 0 Å². The molecule has 0 heterocycles. The van der Waals surface area contributed by atoms with Crippen LogP contribution in [0.15, 0.2) is 30.3 Å². The Hall–Kier alpha value is -2.17. The molecule has 0 aliphatic heterocycles. The Morgan fingerprint density at radius 3 is 2.37 bits per heavy atom. The van der Waals surface area contributed by atoms with Crippen LogP contribution in [0.1, 0.15) is 29.6 Å². The number of benzene rings is 1. The second kappa shape index (κ2) is 7.31. The van der Waals surface area contributed by atoms with Gasteiger partial charge >= 0.3 is 11.9 Å². The average Bonchev–Trinajstić information content (AvgIpc) is 2.43. The summed E-state index contributed by atoms with van der Waals surface area (Å²) in [5, 5.41) is 8.63. The van der Waals surface area contributed by atoms with Gasteiger partial charge in [0.25, 0.3) is 0 Å². The molecule has 0 radical (unpaired) electrons. The molecule has 0 spiro atoms. The van der Waals surface area contributed by atoms with Crippen LogP contribution in [-0.2, 0) is 14.3 Å². The average molecular weight is 264 g/mol. The maximum atomic E-state index is 12.0. The Balaban J connectivity index is 2.69. The lowest BCUT2D eigenvalue weighted by molar-refractivity contribution is -0.146. The molecule has 102 valence electrons. The van der Waals surface area contributed by atoms with Crippen molar-refractivity contribution in [2.45, 2.75) is 19.3 Å². The molecule has 19 heavy (non-hydrogen) atoms. The Bertz CT molecular complexity index is 452. The van der Waals surface area contributed by atoms with Gasteiger partial charge in [-0.15, -0.1) is 0 Å². The first kappa shape index (κ1) is 14.9. The lowest BCUT2D eigenvalue weighted by Gasteiger charge is -2.12. The molecule has 1 aromatic rings. The Morgan fingerprint density at radius 2 is 1.84 bits per heavy atom. The lowest BCUT2D eigenvalue weighted by Crippen LogP contribution is -2.21. The number of ketones is 1. The van der Waals surface area contributed by atoms with E-state index in [1.165, 1.54) is 7.11 Å². The molecule has 0 aliphatic rings. The maximum absolute atomic E-state index is 12.0. The van der Waals surface area contributed by atoms with E-state index >= 15 is 0 Å². The van der Waals surface area contributed by atoms with Gasteiger partial charge in [0.05, 0.1) is 13.0 Å². The molecule has 5 nitrogen and oxygen atoms in total. The first-order valence-electron chi connectivity index (χ1n) is 5.92. The number of carbonyl (C=O) groups excluding carboxylic acids is 2.